The van der Waals surface area contributed by atoms with Crippen LogP contribution in [0.4, 0.5) is 5.69 Å². The van der Waals surface area contributed by atoms with Crippen molar-refractivity contribution in [3.8, 4) is 0 Å². The molecule has 0 bridgehead atoms. The predicted octanol–water partition coefficient (Wildman–Crippen LogP) is 2.97. The van der Waals surface area contributed by atoms with Gasteiger partial charge in [0, 0.05) is 6.04 Å². The SMILES string of the molecule is C[C@H]1Cc2ccccc2N1S(=O)(=O)Cc1ccccc1. The van der Waals surface area contributed by atoms with Crippen LogP contribution >= 0.6 is 0 Å². The molecule has 1 atom stereocenters. The summed E-state index contributed by atoms with van der Waals surface area (Å²) in [7, 11) is -3.34. The smallest absolute Gasteiger partial charge is 0.239 e. The first kappa shape index (κ1) is 13.2. The van der Waals surface area contributed by atoms with Gasteiger partial charge in [-0.25, -0.2) is 8.42 Å². The minimum atomic E-state index is -3.34. The molecule has 1 aliphatic heterocycles. The molecule has 0 N–H and O–H groups in total. The van der Waals surface area contributed by atoms with E-state index in [1.54, 1.807) is 4.31 Å². The van der Waals surface area contributed by atoms with Gasteiger partial charge in [0.05, 0.1) is 11.4 Å². The van der Waals surface area contributed by atoms with Gasteiger partial charge in [0.15, 0.2) is 0 Å². The zero-order valence-electron chi connectivity index (χ0n) is 11.4. The zero-order chi connectivity index (χ0) is 14.2. The maximum absolute atomic E-state index is 12.7. The van der Waals surface area contributed by atoms with E-state index >= 15 is 0 Å². The highest BCUT2D eigenvalue weighted by atomic mass is 32.2. The molecule has 0 radical (unpaired) electrons. The second kappa shape index (κ2) is 4.94. The van der Waals surface area contributed by atoms with Gasteiger partial charge in [-0.1, -0.05) is 48.5 Å². The average Bonchev–Trinajstić information content (AvgIpc) is 2.75. The lowest BCUT2D eigenvalue weighted by atomic mass is 10.1. The first-order chi connectivity index (χ1) is 9.58. The minimum Gasteiger partial charge on any atom is -0.267 e. The summed E-state index contributed by atoms with van der Waals surface area (Å²) in [6, 6.07) is 17.1. The highest BCUT2D eigenvalue weighted by Crippen LogP contribution is 2.35. The Morgan fingerprint density at radius 1 is 1.05 bits per heavy atom. The number of rotatable bonds is 3. The van der Waals surface area contributed by atoms with Crippen molar-refractivity contribution in [2.24, 2.45) is 0 Å². The lowest BCUT2D eigenvalue weighted by molar-refractivity contribution is 0.583. The molecule has 1 heterocycles. The van der Waals surface area contributed by atoms with Crippen LogP contribution in [-0.2, 0) is 22.2 Å². The topological polar surface area (TPSA) is 37.4 Å². The second-order valence-corrected chi connectivity index (χ2v) is 7.07. The van der Waals surface area contributed by atoms with Crippen molar-refractivity contribution < 1.29 is 8.42 Å². The molecule has 0 unspecified atom stereocenters. The van der Waals surface area contributed by atoms with E-state index in [4.69, 9.17) is 0 Å². The second-order valence-electron chi connectivity index (χ2n) is 5.22. The third-order valence-electron chi connectivity index (χ3n) is 3.64. The number of hydrogen-bond donors (Lipinski definition) is 0. The van der Waals surface area contributed by atoms with E-state index in [0.717, 1.165) is 23.2 Å². The molecule has 0 spiro atoms. The molecule has 0 saturated carbocycles. The highest BCUT2D eigenvalue weighted by molar-refractivity contribution is 7.92. The Morgan fingerprint density at radius 2 is 1.70 bits per heavy atom. The Bertz CT molecular complexity index is 710. The monoisotopic (exact) mass is 287 g/mol. The maximum Gasteiger partial charge on any atom is 0.239 e. The van der Waals surface area contributed by atoms with Gasteiger partial charge in [0.1, 0.15) is 0 Å². The summed E-state index contributed by atoms with van der Waals surface area (Å²) in [5.41, 5.74) is 2.76. The third-order valence-corrected chi connectivity index (χ3v) is 5.49. The van der Waals surface area contributed by atoms with E-state index in [1.807, 2.05) is 61.5 Å². The molecule has 104 valence electrons. The van der Waals surface area contributed by atoms with Crippen LogP contribution in [0.3, 0.4) is 0 Å². The van der Waals surface area contributed by atoms with E-state index in [2.05, 4.69) is 0 Å². The van der Waals surface area contributed by atoms with Crippen LogP contribution in [0.2, 0.25) is 0 Å². The first-order valence-electron chi connectivity index (χ1n) is 6.72. The largest absolute Gasteiger partial charge is 0.267 e. The lowest BCUT2D eigenvalue weighted by Crippen LogP contribution is -2.36. The quantitative estimate of drug-likeness (QED) is 0.870. The van der Waals surface area contributed by atoms with Gasteiger partial charge in [-0.05, 0) is 30.5 Å². The summed E-state index contributed by atoms with van der Waals surface area (Å²) in [6.45, 7) is 1.96. The molecule has 0 aliphatic carbocycles. The molecule has 3 nitrogen and oxygen atoms in total. The molecule has 4 heteroatoms. The summed E-state index contributed by atoms with van der Waals surface area (Å²) in [5, 5.41) is 0. The minimum absolute atomic E-state index is 0.0129. The Balaban J connectivity index is 1.96. The molecular formula is C16H17NO2S. The molecule has 0 fully saturated rings. The number of para-hydroxylation sites is 1. The van der Waals surface area contributed by atoms with Gasteiger partial charge in [0.25, 0.3) is 0 Å². The molecule has 2 aromatic rings. The van der Waals surface area contributed by atoms with Crippen molar-refractivity contribution in [1.82, 2.24) is 0 Å². The molecular weight excluding hydrogens is 270 g/mol. The van der Waals surface area contributed by atoms with E-state index in [-0.39, 0.29) is 11.8 Å². The summed E-state index contributed by atoms with van der Waals surface area (Å²) in [6.07, 6.45) is 0.782. The molecule has 20 heavy (non-hydrogen) atoms. The number of anilines is 1. The molecule has 3 rings (SSSR count). The third kappa shape index (κ3) is 2.31. The van der Waals surface area contributed by atoms with Gasteiger partial charge in [-0.15, -0.1) is 0 Å². The Morgan fingerprint density at radius 3 is 2.45 bits per heavy atom. The van der Waals surface area contributed by atoms with Crippen LogP contribution in [0.1, 0.15) is 18.1 Å². The standard InChI is InChI=1S/C16H17NO2S/c1-13-11-15-9-5-6-10-16(15)17(13)20(18,19)12-14-7-3-2-4-8-14/h2-10,13H,11-12H2,1H3/t13-/m0/s1. The Labute approximate surface area is 119 Å². The maximum atomic E-state index is 12.7. The van der Waals surface area contributed by atoms with Crippen LogP contribution in [0.5, 0.6) is 0 Å². The number of fused-ring (bicyclic) bond motifs is 1. The van der Waals surface area contributed by atoms with Gasteiger partial charge >= 0.3 is 0 Å². The van der Waals surface area contributed by atoms with Crippen LogP contribution in [0, 0.1) is 0 Å². The van der Waals surface area contributed by atoms with Gasteiger partial charge in [0.2, 0.25) is 10.0 Å². The number of sulfonamides is 1. The van der Waals surface area contributed by atoms with Gasteiger partial charge < -0.3 is 0 Å². The number of nitrogens with zero attached hydrogens (tertiary/aromatic N) is 1. The Kier molecular flexibility index (Phi) is 3.26. The van der Waals surface area contributed by atoms with Crippen LogP contribution in [-0.4, -0.2) is 14.5 Å². The zero-order valence-corrected chi connectivity index (χ0v) is 12.2. The molecule has 1 aliphatic rings. The lowest BCUT2D eigenvalue weighted by Gasteiger charge is -2.24. The van der Waals surface area contributed by atoms with Crippen molar-refractivity contribution in [2.75, 3.05) is 4.31 Å². The van der Waals surface area contributed by atoms with Crippen molar-refractivity contribution in [3.05, 3.63) is 65.7 Å². The van der Waals surface area contributed by atoms with E-state index in [0.29, 0.717) is 0 Å². The number of benzene rings is 2. The van der Waals surface area contributed by atoms with Crippen LogP contribution in [0.25, 0.3) is 0 Å². The highest BCUT2D eigenvalue weighted by Gasteiger charge is 2.34. The van der Waals surface area contributed by atoms with Crippen molar-refractivity contribution in [2.45, 2.75) is 25.1 Å². The van der Waals surface area contributed by atoms with Crippen LogP contribution < -0.4 is 4.31 Å². The normalized spacial score (nSPS) is 18.1. The molecule has 2 aromatic carbocycles. The molecule has 0 saturated heterocycles. The average molecular weight is 287 g/mol. The van der Waals surface area contributed by atoms with E-state index in [1.165, 1.54) is 0 Å². The molecule has 0 amide bonds. The van der Waals surface area contributed by atoms with Crippen LogP contribution in [0.15, 0.2) is 54.6 Å². The fourth-order valence-electron chi connectivity index (χ4n) is 2.82. The van der Waals surface area contributed by atoms with E-state index < -0.39 is 10.0 Å². The summed E-state index contributed by atoms with van der Waals surface area (Å²) >= 11 is 0. The summed E-state index contributed by atoms with van der Waals surface area (Å²) in [4.78, 5) is 0. The fraction of sp³-hybridized carbons (Fsp3) is 0.250. The Hall–Kier alpha value is -1.81. The number of hydrogen-bond acceptors (Lipinski definition) is 2. The first-order valence-corrected chi connectivity index (χ1v) is 8.33. The van der Waals surface area contributed by atoms with Gasteiger partial charge in [-0.2, -0.15) is 0 Å². The van der Waals surface area contributed by atoms with Gasteiger partial charge in [-0.3, -0.25) is 4.31 Å². The van der Waals surface area contributed by atoms with Crippen molar-refractivity contribution in [3.63, 3.8) is 0 Å². The molecule has 0 aromatic heterocycles. The predicted molar refractivity (Wildman–Crippen MR) is 81.2 cm³/mol. The van der Waals surface area contributed by atoms with Crippen molar-refractivity contribution >= 4 is 15.7 Å². The summed E-state index contributed by atoms with van der Waals surface area (Å²) in [5.74, 6) is 0.0481. The van der Waals surface area contributed by atoms with E-state index in [9.17, 15) is 8.42 Å². The fourth-order valence-corrected chi connectivity index (χ4v) is 4.67. The van der Waals surface area contributed by atoms with Crippen molar-refractivity contribution in [1.29, 1.82) is 0 Å². The summed E-state index contributed by atoms with van der Waals surface area (Å²) < 4.78 is 27.0.